The first-order valence-corrected chi connectivity index (χ1v) is 8.53. The zero-order valence-electron chi connectivity index (χ0n) is 16.4. The Labute approximate surface area is 170 Å². The highest BCUT2D eigenvalue weighted by atomic mass is 35.5. The van der Waals surface area contributed by atoms with E-state index in [1.165, 1.54) is 11.1 Å². The molecule has 2 aromatic carbocycles. The number of benzene rings is 2. The Kier molecular flexibility index (Phi) is 6.59. The van der Waals surface area contributed by atoms with E-state index in [0.29, 0.717) is 0 Å². The lowest BCUT2D eigenvalue weighted by Gasteiger charge is -2.19. The molecule has 0 bridgehead atoms. The first-order chi connectivity index (χ1) is 12.7. The van der Waals surface area contributed by atoms with Crippen LogP contribution < -0.4 is 23.5 Å². The molecule has 2 N–H and O–H groups in total. The summed E-state index contributed by atoms with van der Waals surface area (Å²) in [6, 6.07) is 10.3. The van der Waals surface area contributed by atoms with E-state index in [9.17, 15) is 0 Å². The lowest BCUT2D eigenvalue weighted by Crippen LogP contribution is -2.40. The number of halogens is 1. The smallest absolute Gasteiger partial charge is 0.213 e. The minimum atomic E-state index is 0. The van der Waals surface area contributed by atoms with Crippen molar-refractivity contribution in [2.75, 3.05) is 28.4 Å². The fourth-order valence-electron chi connectivity index (χ4n) is 3.71. The highest BCUT2D eigenvalue weighted by Crippen LogP contribution is 2.39. The number of hydrogen-bond donors (Lipinski definition) is 0. The zero-order chi connectivity index (χ0) is 18.3. The van der Waals surface area contributed by atoms with Crippen molar-refractivity contribution in [1.29, 1.82) is 0 Å². The van der Waals surface area contributed by atoms with Crippen molar-refractivity contribution in [2.45, 2.75) is 13.0 Å². The Morgan fingerprint density at radius 1 is 0.821 bits per heavy atom. The molecule has 150 valence electrons. The molecular formula is C21H25ClNO5+. The molecule has 0 amide bonds. The number of aromatic nitrogens is 1. The predicted molar refractivity (Wildman–Crippen MR) is 110 cm³/mol. The molecule has 0 spiro atoms. The van der Waals surface area contributed by atoms with E-state index in [2.05, 4.69) is 35.0 Å². The Hall–Kier alpha value is -2.70. The normalized spacial score (nSPS) is 11.4. The highest BCUT2D eigenvalue weighted by molar-refractivity contribution is 5.91. The van der Waals surface area contributed by atoms with Gasteiger partial charge in [0.25, 0.3) is 0 Å². The Morgan fingerprint density at radius 2 is 1.50 bits per heavy atom. The van der Waals surface area contributed by atoms with Crippen LogP contribution in [-0.2, 0) is 13.0 Å². The van der Waals surface area contributed by atoms with Gasteiger partial charge < -0.3 is 24.4 Å². The molecule has 28 heavy (non-hydrogen) atoms. The molecule has 3 aromatic rings. The average molecular weight is 407 g/mol. The lowest BCUT2D eigenvalue weighted by molar-refractivity contribution is -0.686. The summed E-state index contributed by atoms with van der Waals surface area (Å²) in [5, 5.41) is 2.15. The molecule has 1 aliphatic rings. The minimum Gasteiger partial charge on any atom is -0.493 e. The molecule has 0 aliphatic carbocycles. The fraction of sp³-hybridized carbons (Fsp3) is 0.286. The largest absolute Gasteiger partial charge is 0.493 e. The summed E-state index contributed by atoms with van der Waals surface area (Å²) in [5.74, 6) is 3.01. The third-order valence-corrected chi connectivity index (χ3v) is 5.01. The maximum Gasteiger partial charge on any atom is 0.213 e. The third kappa shape index (κ3) is 3.30. The van der Waals surface area contributed by atoms with Gasteiger partial charge in [0.2, 0.25) is 5.69 Å². The van der Waals surface area contributed by atoms with Gasteiger partial charge in [-0.05, 0) is 35.2 Å². The fourth-order valence-corrected chi connectivity index (χ4v) is 3.71. The standard InChI is InChI=1S/C21H22NO4.ClH.H2O/c1-23-18-6-5-13-9-17-15-11-20(25-3)19(24-2)10-14(15)7-8-22(17)12-16(13)21(18)26-4;;/h5-6,9-12H,7-8H2,1-4H3;1H;1H2/q+1;;. The van der Waals surface area contributed by atoms with Crippen molar-refractivity contribution in [3.63, 3.8) is 0 Å². The number of rotatable bonds is 4. The van der Waals surface area contributed by atoms with Crippen molar-refractivity contribution in [2.24, 2.45) is 0 Å². The molecular weight excluding hydrogens is 382 g/mol. The maximum absolute atomic E-state index is 5.60. The van der Waals surface area contributed by atoms with Gasteiger partial charge in [-0.2, -0.15) is 4.57 Å². The van der Waals surface area contributed by atoms with Crippen LogP contribution in [0.1, 0.15) is 5.56 Å². The number of nitrogens with zero attached hydrogens (tertiary/aromatic N) is 1. The van der Waals surface area contributed by atoms with E-state index in [1.807, 2.05) is 6.07 Å². The highest BCUT2D eigenvalue weighted by Gasteiger charge is 2.27. The van der Waals surface area contributed by atoms with Gasteiger partial charge in [0.15, 0.2) is 35.7 Å². The van der Waals surface area contributed by atoms with E-state index in [-0.39, 0.29) is 17.9 Å². The van der Waals surface area contributed by atoms with Gasteiger partial charge in [-0.1, -0.05) is 0 Å². The van der Waals surface area contributed by atoms with Crippen LogP contribution in [0.3, 0.4) is 0 Å². The van der Waals surface area contributed by atoms with Gasteiger partial charge in [0.05, 0.1) is 39.4 Å². The van der Waals surface area contributed by atoms with Crippen LogP contribution in [0.15, 0.2) is 36.5 Å². The second kappa shape index (κ2) is 8.54. The van der Waals surface area contributed by atoms with Crippen molar-refractivity contribution in [1.82, 2.24) is 0 Å². The van der Waals surface area contributed by atoms with Crippen molar-refractivity contribution < 1.29 is 29.0 Å². The molecule has 0 atom stereocenters. The maximum atomic E-state index is 5.60. The summed E-state index contributed by atoms with van der Waals surface area (Å²) < 4.78 is 24.3. The molecule has 0 saturated carbocycles. The molecule has 0 fully saturated rings. The van der Waals surface area contributed by atoms with E-state index in [1.54, 1.807) is 28.4 Å². The summed E-state index contributed by atoms with van der Waals surface area (Å²) in [4.78, 5) is 0. The van der Waals surface area contributed by atoms with E-state index < -0.39 is 0 Å². The molecule has 0 radical (unpaired) electrons. The number of pyridine rings is 1. The Bertz CT molecular complexity index is 1010. The second-order valence-electron chi connectivity index (χ2n) is 6.27. The van der Waals surface area contributed by atoms with Crippen molar-refractivity contribution in [3.8, 4) is 34.3 Å². The van der Waals surface area contributed by atoms with Crippen LogP contribution in [0.2, 0.25) is 0 Å². The van der Waals surface area contributed by atoms with Crippen LogP contribution in [0.25, 0.3) is 22.0 Å². The molecule has 4 rings (SSSR count). The second-order valence-corrected chi connectivity index (χ2v) is 6.27. The van der Waals surface area contributed by atoms with Crippen molar-refractivity contribution in [3.05, 3.63) is 42.1 Å². The minimum absolute atomic E-state index is 0. The number of hydrogen-bond acceptors (Lipinski definition) is 4. The topological polar surface area (TPSA) is 72.3 Å². The molecule has 0 saturated heterocycles. The Morgan fingerprint density at radius 3 is 2.14 bits per heavy atom. The monoisotopic (exact) mass is 406 g/mol. The number of fused-ring (bicyclic) bond motifs is 4. The number of methoxy groups -OCH3 is 4. The van der Waals surface area contributed by atoms with E-state index >= 15 is 0 Å². The summed E-state index contributed by atoms with van der Waals surface area (Å²) >= 11 is 0. The van der Waals surface area contributed by atoms with Gasteiger partial charge in [-0.3, -0.25) is 0 Å². The summed E-state index contributed by atoms with van der Waals surface area (Å²) in [5.41, 5.74) is 3.60. The lowest BCUT2D eigenvalue weighted by atomic mass is 9.95. The van der Waals surface area contributed by atoms with Crippen LogP contribution in [0.4, 0.5) is 0 Å². The van der Waals surface area contributed by atoms with Gasteiger partial charge >= 0.3 is 0 Å². The molecule has 2 heterocycles. The molecule has 1 aromatic heterocycles. The first-order valence-electron chi connectivity index (χ1n) is 8.53. The number of ether oxygens (including phenoxy) is 4. The van der Waals surface area contributed by atoms with Crippen LogP contribution in [-0.4, -0.2) is 33.9 Å². The zero-order valence-corrected chi connectivity index (χ0v) is 17.2. The third-order valence-electron chi connectivity index (χ3n) is 5.01. The number of aryl methyl sites for hydroxylation is 2. The molecule has 7 heteroatoms. The summed E-state index contributed by atoms with van der Waals surface area (Å²) in [7, 11) is 6.67. The van der Waals surface area contributed by atoms with Crippen LogP contribution in [0.5, 0.6) is 23.0 Å². The van der Waals surface area contributed by atoms with Crippen LogP contribution >= 0.6 is 12.4 Å². The van der Waals surface area contributed by atoms with Gasteiger partial charge in [-0.15, -0.1) is 12.4 Å². The SMILES string of the molecule is COc1cc2c(cc1OC)-c1cc3ccc(OC)c(OC)c3c[n+]1CC2.Cl.O. The average Bonchev–Trinajstić information content (AvgIpc) is 2.70. The molecule has 6 nitrogen and oxygen atoms in total. The van der Waals surface area contributed by atoms with E-state index in [0.717, 1.165) is 52.4 Å². The Balaban J connectivity index is 0.00000140. The first kappa shape index (κ1) is 21.6. The summed E-state index contributed by atoms with van der Waals surface area (Å²) in [6.07, 6.45) is 3.08. The summed E-state index contributed by atoms with van der Waals surface area (Å²) in [6.45, 7) is 0.897. The van der Waals surface area contributed by atoms with E-state index in [4.69, 9.17) is 18.9 Å². The molecule has 1 aliphatic heterocycles. The van der Waals surface area contributed by atoms with Crippen molar-refractivity contribution >= 4 is 23.2 Å². The predicted octanol–water partition coefficient (Wildman–Crippen LogP) is 2.98. The van der Waals surface area contributed by atoms with Crippen LogP contribution in [0, 0.1) is 0 Å². The van der Waals surface area contributed by atoms with Gasteiger partial charge in [0, 0.05) is 12.5 Å². The molecule has 0 unspecified atom stereocenters. The van der Waals surface area contributed by atoms with Gasteiger partial charge in [-0.25, -0.2) is 0 Å². The quantitative estimate of drug-likeness (QED) is 0.624. The van der Waals surface area contributed by atoms with Gasteiger partial charge in [0.1, 0.15) is 0 Å².